The van der Waals surface area contributed by atoms with Gasteiger partial charge in [0.1, 0.15) is 5.71 Å². The van der Waals surface area contributed by atoms with Crippen LogP contribution in [0.2, 0.25) is 0 Å². The molecule has 0 aliphatic carbocycles. The van der Waals surface area contributed by atoms with Gasteiger partial charge in [0.15, 0.2) is 0 Å². The number of nitrogens with zero attached hydrogens (tertiary/aromatic N) is 1. The van der Waals surface area contributed by atoms with Gasteiger partial charge in [-0.05, 0) is 12.5 Å². The molecule has 4 heteroatoms. The topological polar surface area (TPSA) is 62.0 Å². The first-order valence-corrected chi connectivity index (χ1v) is 5.38. The van der Waals surface area contributed by atoms with Gasteiger partial charge in [-0.3, -0.25) is 0 Å². The lowest BCUT2D eigenvalue weighted by Gasteiger charge is -2.06. The molecule has 0 saturated carbocycles. The highest BCUT2D eigenvalue weighted by Crippen LogP contribution is 2.02. The SMILES string of the molecule is C/C(=C\CO)COC/C(=N\O)c1ccccc1. The molecule has 2 N–H and O–H groups in total. The Kier molecular flexibility index (Phi) is 5.99. The van der Waals surface area contributed by atoms with E-state index in [1.165, 1.54) is 0 Å². The van der Waals surface area contributed by atoms with E-state index in [1.807, 2.05) is 37.3 Å². The van der Waals surface area contributed by atoms with Crippen molar-refractivity contribution in [2.75, 3.05) is 19.8 Å². The molecule has 1 rings (SSSR count). The van der Waals surface area contributed by atoms with Crippen molar-refractivity contribution >= 4 is 5.71 Å². The smallest absolute Gasteiger partial charge is 0.112 e. The Balaban J connectivity index is 2.48. The summed E-state index contributed by atoms with van der Waals surface area (Å²) in [6.07, 6.45) is 1.68. The van der Waals surface area contributed by atoms with E-state index in [4.69, 9.17) is 15.1 Å². The lowest BCUT2D eigenvalue weighted by molar-refractivity contribution is 0.192. The van der Waals surface area contributed by atoms with Crippen molar-refractivity contribution in [1.29, 1.82) is 0 Å². The molecule has 0 amide bonds. The second-order valence-corrected chi connectivity index (χ2v) is 3.64. The van der Waals surface area contributed by atoms with E-state index in [1.54, 1.807) is 6.08 Å². The normalized spacial score (nSPS) is 12.8. The summed E-state index contributed by atoms with van der Waals surface area (Å²) < 4.78 is 5.39. The average Bonchev–Trinajstić information content (AvgIpc) is 2.36. The average molecular weight is 235 g/mol. The molecule has 4 nitrogen and oxygen atoms in total. The molecule has 1 aromatic carbocycles. The standard InChI is InChI=1S/C13H17NO3/c1-11(7-8-15)9-17-10-13(14-16)12-5-3-2-4-6-12/h2-7,15-16H,8-10H2,1H3/b11-7+,14-13+. The second kappa shape index (κ2) is 7.60. The first-order valence-electron chi connectivity index (χ1n) is 5.38. The van der Waals surface area contributed by atoms with Gasteiger partial charge in [-0.2, -0.15) is 0 Å². The van der Waals surface area contributed by atoms with E-state index in [-0.39, 0.29) is 13.2 Å². The fourth-order valence-corrected chi connectivity index (χ4v) is 1.32. The van der Waals surface area contributed by atoms with Gasteiger partial charge in [0.05, 0.1) is 19.8 Å². The molecule has 92 valence electrons. The number of hydrogen-bond acceptors (Lipinski definition) is 4. The number of hydrogen-bond donors (Lipinski definition) is 2. The summed E-state index contributed by atoms with van der Waals surface area (Å²) >= 11 is 0. The summed E-state index contributed by atoms with van der Waals surface area (Å²) in [5, 5.41) is 20.8. The van der Waals surface area contributed by atoms with Crippen LogP contribution in [0, 0.1) is 0 Å². The predicted molar refractivity (Wildman–Crippen MR) is 66.4 cm³/mol. The largest absolute Gasteiger partial charge is 0.411 e. The number of rotatable bonds is 6. The van der Waals surface area contributed by atoms with Crippen molar-refractivity contribution in [2.24, 2.45) is 5.16 Å². The molecule has 0 atom stereocenters. The minimum absolute atomic E-state index is 0.00875. The number of benzene rings is 1. The van der Waals surface area contributed by atoms with Crippen molar-refractivity contribution in [3.05, 3.63) is 47.5 Å². The van der Waals surface area contributed by atoms with Crippen molar-refractivity contribution in [1.82, 2.24) is 0 Å². The van der Waals surface area contributed by atoms with Gasteiger partial charge in [0.2, 0.25) is 0 Å². The van der Waals surface area contributed by atoms with Gasteiger partial charge >= 0.3 is 0 Å². The summed E-state index contributed by atoms with van der Waals surface area (Å²) in [7, 11) is 0. The minimum atomic E-state index is 0.00875. The molecule has 0 unspecified atom stereocenters. The molecule has 0 heterocycles. The van der Waals surface area contributed by atoms with Crippen LogP contribution in [0.3, 0.4) is 0 Å². The third kappa shape index (κ3) is 4.80. The molecule has 0 radical (unpaired) electrons. The van der Waals surface area contributed by atoms with Crippen molar-refractivity contribution in [3.63, 3.8) is 0 Å². The fourth-order valence-electron chi connectivity index (χ4n) is 1.32. The van der Waals surface area contributed by atoms with Gasteiger partial charge in [0.25, 0.3) is 0 Å². The van der Waals surface area contributed by atoms with Crippen molar-refractivity contribution in [2.45, 2.75) is 6.92 Å². The summed E-state index contributed by atoms with van der Waals surface area (Å²) in [6.45, 7) is 2.52. The molecule has 0 aliphatic heterocycles. The Morgan fingerprint density at radius 3 is 2.59 bits per heavy atom. The molecular formula is C13H17NO3. The first-order chi connectivity index (χ1) is 8.27. The van der Waals surface area contributed by atoms with Crippen LogP contribution in [-0.2, 0) is 4.74 Å². The third-order valence-electron chi connectivity index (χ3n) is 2.24. The quantitative estimate of drug-likeness (QED) is 0.342. The molecule has 0 saturated heterocycles. The predicted octanol–water partition coefficient (Wildman–Crippen LogP) is 1.82. The van der Waals surface area contributed by atoms with E-state index in [0.29, 0.717) is 12.3 Å². The molecule has 0 aliphatic rings. The van der Waals surface area contributed by atoms with Crippen LogP contribution in [0.1, 0.15) is 12.5 Å². The summed E-state index contributed by atoms with van der Waals surface area (Å²) in [6, 6.07) is 9.35. The molecule has 0 fully saturated rings. The van der Waals surface area contributed by atoms with Gasteiger partial charge in [-0.15, -0.1) is 0 Å². The maximum Gasteiger partial charge on any atom is 0.112 e. The van der Waals surface area contributed by atoms with Gasteiger partial charge in [0, 0.05) is 5.56 Å². The van der Waals surface area contributed by atoms with E-state index in [9.17, 15) is 0 Å². The maximum absolute atomic E-state index is 8.90. The second-order valence-electron chi connectivity index (χ2n) is 3.64. The first kappa shape index (κ1) is 13.4. The highest BCUT2D eigenvalue weighted by Gasteiger charge is 2.03. The van der Waals surface area contributed by atoms with E-state index < -0.39 is 0 Å². The van der Waals surface area contributed by atoms with Crippen molar-refractivity contribution < 1.29 is 15.1 Å². The summed E-state index contributed by atoms with van der Waals surface area (Å²) in [4.78, 5) is 0. The monoisotopic (exact) mass is 235 g/mol. The third-order valence-corrected chi connectivity index (χ3v) is 2.24. The van der Waals surface area contributed by atoms with Crippen LogP contribution in [0.25, 0.3) is 0 Å². The van der Waals surface area contributed by atoms with E-state index >= 15 is 0 Å². The van der Waals surface area contributed by atoms with Gasteiger partial charge in [-0.25, -0.2) is 0 Å². The van der Waals surface area contributed by atoms with E-state index in [2.05, 4.69) is 5.16 Å². The van der Waals surface area contributed by atoms with Crippen LogP contribution >= 0.6 is 0 Å². The summed E-state index contributed by atoms with van der Waals surface area (Å²) in [5.41, 5.74) is 2.26. The highest BCUT2D eigenvalue weighted by atomic mass is 16.5. The number of ether oxygens (including phenoxy) is 1. The Hall–Kier alpha value is -1.65. The summed E-state index contributed by atoms with van der Waals surface area (Å²) in [5.74, 6) is 0. The van der Waals surface area contributed by atoms with Crippen LogP contribution < -0.4 is 0 Å². The lowest BCUT2D eigenvalue weighted by atomic mass is 10.1. The van der Waals surface area contributed by atoms with Crippen LogP contribution in [0.4, 0.5) is 0 Å². The minimum Gasteiger partial charge on any atom is -0.411 e. The van der Waals surface area contributed by atoms with Crippen LogP contribution in [0.5, 0.6) is 0 Å². The lowest BCUT2D eigenvalue weighted by Crippen LogP contribution is -2.11. The maximum atomic E-state index is 8.90. The Labute approximate surface area is 101 Å². The fraction of sp³-hybridized carbons (Fsp3) is 0.308. The van der Waals surface area contributed by atoms with Gasteiger partial charge in [-0.1, -0.05) is 41.6 Å². The molecule has 1 aromatic rings. The Morgan fingerprint density at radius 2 is 2.00 bits per heavy atom. The van der Waals surface area contributed by atoms with Crippen molar-refractivity contribution in [3.8, 4) is 0 Å². The zero-order valence-corrected chi connectivity index (χ0v) is 9.84. The Bertz CT molecular complexity index is 385. The van der Waals surface area contributed by atoms with Gasteiger partial charge < -0.3 is 15.1 Å². The molecular weight excluding hydrogens is 218 g/mol. The zero-order valence-electron chi connectivity index (χ0n) is 9.84. The number of oxime groups is 1. The number of aliphatic hydroxyl groups is 1. The van der Waals surface area contributed by atoms with E-state index in [0.717, 1.165) is 11.1 Å². The molecule has 0 aromatic heterocycles. The molecule has 0 bridgehead atoms. The number of aliphatic hydroxyl groups excluding tert-OH is 1. The van der Waals surface area contributed by atoms with Crippen LogP contribution in [-0.4, -0.2) is 35.8 Å². The van der Waals surface area contributed by atoms with Crippen LogP contribution in [0.15, 0.2) is 47.1 Å². The highest BCUT2D eigenvalue weighted by molar-refractivity contribution is 6.01. The Morgan fingerprint density at radius 1 is 1.29 bits per heavy atom. The zero-order chi connectivity index (χ0) is 12.5. The molecule has 0 spiro atoms. The molecule has 17 heavy (non-hydrogen) atoms.